The number of hydrogen-bond acceptors (Lipinski definition) is 11. The van der Waals surface area contributed by atoms with Crippen LogP contribution in [0, 0.1) is 28.4 Å². The molecule has 18 heteroatoms. The van der Waals surface area contributed by atoms with Crippen molar-refractivity contribution in [2.75, 3.05) is 48.8 Å². The molecule has 1 saturated carbocycles. The van der Waals surface area contributed by atoms with Crippen LogP contribution in [0.3, 0.4) is 0 Å². The van der Waals surface area contributed by atoms with Gasteiger partial charge in [-0.05, 0) is 57.4 Å². The van der Waals surface area contributed by atoms with E-state index in [0.717, 1.165) is 23.8 Å². The molecular formula is C39H35ClF6N8O2S. The first-order valence-corrected chi connectivity index (χ1v) is 19.7. The summed E-state index contributed by atoms with van der Waals surface area (Å²) in [5.74, 6) is -4.93. The van der Waals surface area contributed by atoms with Crippen LogP contribution >= 0.6 is 22.9 Å². The van der Waals surface area contributed by atoms with Crippen molar-refractivity contribution in [3.8, 4) is 29.0 Å². The van der Waals surface area contributed by atoms with Crippen molar-refractivity contribution in [3.05, 3.63) is 58.2 Å². The van der Waals surface area contributed by atoms with Gasteiger partial charge < -0.3 is 25.4 Å². The molecule has 2 saturated heterocycles. The van der Waals surface area contributed by atoms with E-state index in [1.54, 1.807) is 0 Å². The van der Waals surface area contributed by atoms with Crippen molar-refractivity contribution in [2.45, 2.75) is 69.5 Å². The third-order valence-electron chi connectivity index (χ3n) is 11.7. The Kier molecular flexibility index (Phi) is 8.87. The summed E-state index contributed by atoms with van der Waals surface area (Å²) < 4.78 is 105. The minimum Gasteiger partial charge on any atom is -0.489 e. The van der Waals surface area contributed by atoms with Crippen molar-refractivity contribution in [3.63, 3.8) is 0 Å². The molecule has 4 aliphatic rings. The average Bonchev–Trinajstić information content (AvgIpc) is 3.42. The van der Waals surface area contributed by atoms with E-state index >= 15 is 17.6 Å². The zero-order valence-electron chi connectivity index (χ0n) is 30.6. The molecule has 6 heterocycles. The summed E-state index contributed by atoms with van der Waals surface area (Å²) in [7, 11) is 0. The van der Waals surface area contributed by atoms with Gasteiger partial charge >= 0.3 is 6.01 Å². The molecule has 5 aromatic rings. The Bertz CT molecular complexity index is 2520. The highest BCUT2D eigenvalue weighted by Crippen LogP contribution is 2.69. The third kappa shape index (κ3) is 5.80. The second kappa shape index (κ2) is 13.4. The molecule has 3 fully saturated rings. The van der Waals surface area contributed by atoms with E-state index in [1.807, 2.05) is 18.7 Å². The summed E-state index contributed by atoms with van der Waals surface area (Å²) in [6.45, 7) is 3.98. The number of aromatic nitrogens is 3. The number of thiophene rings is 1. The van der Waals surface area contributed by atoms with Crippen LogP contribution in [0.2, 0.25) is 5.02 Å². The van der Waals surface area contributed by atoms with Gasteiger partial charge in [0.2, 0.25) is 0 Å². The zero-order chi connectivity index (χ0) is 40.2. The van der Waals surface area contributed by atoms with Gasteiger partial charge in [0.15, 0.2) is 11.6 Å². The first-order valence-electron chi connectivity index (χ1n) is 18.5. The minimum absolute atomic E-state index is 0.0172. The number of benzene rings is 2. The summed E-state index contributed by atoms with van der Waals surface area (Å²) in [5.41, 5.74) is 3.67. The Hall–Kier alpha value is -4.79. The van der Waals surface area contributed by atoms with E-state index in [9.17, 15) is 14.0 Å². The van der Waals surface area contributed by atoms with Crippen molar-refractivity contribution in [1.82, 2.24) is 19.9 Å². The van der Waals surface area contributed by atoms with E-state index in [1.165, 1.54) is 29.3 Å². The Morgan fingerprint density at radius 3 is 2.63 bits per heavy atom. The van der Waals surface area contributed by atoms with E-state index in [0.29, 0.717) is 18.0 Å². The first kappa shape index (κ1) is 37.8. The van der Waals surface area contributed by atoms with Gasteiger partial charge in [-0.1, -0.05) is 23.7 Å². The monoisotopic (exact) mass is 828 g/mol. The molecule has 3 atom stereocenters. The first-order chi connectivity index (χ1) is 27.2. The van der Waals surface area contributed by atoms with Gasteiger partial charge in [-0.2, -0.15) is 15.2 Å². The average molecular weight is 829 g/mol. The maximum absolute atomic E-state index is 17.6. The lowest BCUT2D eigenvalue weighted by Crippen LogP contribution is -2.43. The van der Waals surface area contributed by atoms with Crippen LogP contribution in [0.4, 0.5) is 43.0 Å². The Morgan fingerprint density at radius 1 is 1.14 bits per heavy atom. The van der Waals surface area contributed by atoms with Gasteiger partial charge in [0.05, 0.1) is 38.2 Å². The lowest BCUT2D eigenvalue weighted by molar-refractivity contribution is 0.0647. The fourth-order valence-corrected chi connectivity index (χ4v) is 10.7. The highest BCUT2D eigenvalue weighted by atomic mass is 35.5. The quantitative estimate of drug-likeness (QED) is 0.139. The highest BCUT2D eigenvalue weighted by Gasteiger charge is 2.77. The zero-order valence-corrected chi connectivity index (χ0v) is 32.2. The lowest BCUT2D eigenvalue weighted by Gasteiger charge is -2.33. The molecule has 0 bridgehead atoms. The maximum atomic E-state index is 17.6. The minimum atomic E-state index is -3.06. The SMILES string of the molecule is CC(C)Nc1sc2c(F)ccc(-c3c(Cl)c4c5c(nc(OCC67CCCN6CC6(C7)CC6(F)F)nc5c3F)N(C(c3cccnc3N)C(F)F)CCO4)c2c1C#N. The van der Waals surface area contributed by atoms with Crippen LogP contribution in [0.15, 0.2) is 30.5 Å². The summed E-state index contributed by atoms with van der Waals surface area (Å²) in [5, 5.41) is 13.5. The van der Waals surface area contributed by atoms with E-state index in [2.05, 4.69) is 26.3 Å². The predicted octanol–water partition coefficient (Wildman–Crippen LogP) is 8.96. The summed E-state index contributed by atoms with van der Waals surface area (Å²) >= 11 is 8.06. The number of hydrogen-bond donors (Lipinski definition) is 2. The van der Waals surface area contributed by atoms with Gasteiger partial charge in [0.1, 0.15) is 53.3 Å². The Morgan fingerprint density at radius 2 is 1.93 bits per heavy atom. The smallest absolute Gasteiger partial charge is 0.319 e. The number of pyridine rings is 1. The number of nitriles is 1. The van der Waals surface area contributed by atoms with Crippen LogP contribution in [-0.4, -0.2) is 76.6 Å². The highest BCUT2D eigenvalue weighted by molar-refractivity contribution is 7.23. The normalized spacial score (nSPS) is 22.9. The van der Waals surface area contributed by atoms with Gasteiger partial charge in [-0.3, -0.25) is 4.90 Å². The number of nitrogens with one attached hydrogen (secondary N) is 1. The van der Waals surface area contributed by atoms with Crippen LogP contribution in [0.25, 0.3) is 32.1 Å². The molecule has 0 amide bonds. The van der Waals surface area contributed by atoms with Gasteiger partial charge in [-0.25, -0.2) is 31.3 Å². The fourth-order valence-electron chi connectivity index (χ4n) is 9.12. The maximum Gasteiger partial charge on any atom is 0.319 e. The van der Waals surface area contributed by atoms with Gasteiger partial charge in [0.25, 0.3) is 12.3 Å². The van der Waals surface area contributed by atoms with Crippen LogP contribution < -0.4 is 25.4 Å². The van der Waals surface area contributed by atoms with E-state index in [4.69, 9.17) is 26.8 Å². The van der Waals surface area contributed by atoms with Gasteiger partial charge in [-0.15, -0.1) is 11.3 Å². The molecule has 3 unspecified atom stereocenters. The number of rotatable bonds is 9. The second-order valence-corrected chi connectivity index (χ2v) is 17.0. The molecule has 3 aromatic heterocycles. The molecular weight excluding hydrogens is 794 g/mol. The molecule has 57 heavy (non-hydrogen) atoms. The van der Waals surface area contributed by atoms with Crippen molar-refractivity contribution in [1.29, 1.82) is 5.26 Å². The number of nitrogens with two attached hydrogens (primary N) is 1. The Balaban J connectivity index is 1.26. The molecule has 1 aliphatic carbocycles. The molecule has 1 spiro atoms. The molecule has 9 rings (SSSR count). The predicted molar refractivity (Wildman–Crippen MR) is 205 cm³/mol. The van der Waals surface area contributed by atoms with Crippen LogP contribution in [0.5, 0.6) is 11.8 Å². The molecule has 3 N–H and O–H groups in total. The third-order valence-corrected chi connectivity index (χ3v) is 13.2. The lowest BCUT2D eigenvalue weighted by atomic mass is 9.89. The molecule has 2 aromatic carbocycles. The van der Waals surface area contributed by atoms with Crippen molar-refractivity contribution >= 4 is 60.6 Å². The number of alkyl halides is 4. The number of fused-ring (bicyclic) bond motifs is 2. The van der Waals surface area contributed by atoms with E-state index in [-0.39, 0.29) is 111 Å². The number of anilines is 3. The Labute approximate surface area is 331 Å². The van der Waals surface area contributed by atoms with Crippen LogP contribution in [-0.2, 0) is 0 Å². The van der Waals surface area contributed by atoms with Gasteiger partial charge in [0, 0.05) is 41.7 Å². The fraction of sp³-hybridized carbons (Fsp3) is 0.436. The topological polar surface area (TPSA) is 125 Å². The number of nitrogens with zero attached hydrogens (tertiary/aromatic N) is 6. The molecule has 10 nitrogen and oxygen atoms in total. The molecule has 3 aliphatic heterocycles. The van der Waals surface area contributed by atoms with Crippen molar-refractivity contribution < 1.29 is 35.8 Å². The van der Waals surface area contributed by atoms with Crippen LogP contribution in [0.1, 0.15) is 56.7 Å². The molecule has 298 valence electrons. The number of halogens is 7. The molecule has 0 radical (unpaired) electrons. The number of nitrogen functional groups attached to an aromatic ring is 1. The second-order valence-electron chi connectivity index (χ2n) is 15.6. The largest absolute Gasteiger partial charge is 0.489 e. The summed E-state index contributed by atoms with van der Waals surface area (Å²) in [4.78, 5) is 16.4. The standard InChI is InChI=1S/C39H35ClF6N8O2S/c1-18(2)50-35-21(13-47)23-19(6-7-22(41)31(23)57-35)24-26(40)30-25-28(27(24)42)51-36(56-17-38-8-4-10-53(38)16-37(14-38)15-39(37,45)46)52-34(25)54(11-12-55-30)29(32(43)44)20-5-3-9-49-33(20)48/h3,5-7,9,18,29,32,50H,4,8,10-12,14-17H2,1-2H3,(H2,48,49). The van der Waals surface area contributed by atoms with Crippen molar-refractivity contribution in [2.24, 2.45) is 5.41 Å². The van der Waals surface area contributed by atoms with E-state index < -0.39 is 46.5 Å². The summed E-state index contributed by atoms with van der Waals surface area (Å²) in [6, 6.07) is 5.19. The summed E-state index contributed by atoms with van der Waals surface area (Å²) in [6.07, 6.45) is -0.378. The number of ether oxygens (including phenoxy) is 2.